The van der Waals surface area contributed by atoms with Gasteiger partial charge < -0.3 is 10.2 Å². The predicted molar refractivity (Wildman–Crippen MR) is 97.1 cm³/mol. The first-order chi connectivity index (χ1) is 11.8. The van der Waals surface area contributed by atoms with Crippen molar-refractivity contribution in [2.24, 2.45) is 0 Å². The third kappa shape index (κ3) is 3.75. The second-order valence-electron chi connectivity index (χ2n) is 6.28. The highest BCUT2D eigenvalue weighted by atomic mass is 16.2. The van der Waals surface area contributed by atoms with Gasteiger partial charge in [0, 0.05) is 24.8 Å². The van der Waals surface area contributed by atoms with Gasteiger partial charge in [0.2, 0.25) is 0 Å². The number of nitrogens with one attached hydrogen (secondary N) is 1. The van der Waals surface area contributed by atoms with Crippen molar-refractivity contribution in [3.8, 4) is 0 Å². The number of pyridine rings is 1. The molecule has 1 atom stereocenters. The fourth-order valence-electron chi connectivity index (χ4n) is 3.20. The topological polar surface area (TPSA) is 45.2 Å². The van der Waals surface area contributed by atoms with Crippen LogP contribution in [0.2, 0.25) is 0 Å². The second-order valence-corrected chi connectivity index (χ2v) is 6.28. The molecule has 0 aliphatic carbocycles. The van der Waals surface area contributed by atoms with Crippen molar-refractivity contribution in [2.75, 3.05) is 18.4 Å². The van der Waals surface area contributed by atoms with Crippen molar-refractivity contribution in [2.45, 2.75) is 38.6 Å². The molecule has 1 fully saturated rings. The molecule has 1 aliphatic rings. The number of anilines is 1. The summed E-state index contributed by atoms with van der Waals surface area (Å²) < 4.78 is 0. The molecular weight excluding hydrogens is 298 g/mol. The Kier molecular flexibility index (Phi) is 5.47. The van der Waals surface area contributed by atoms with Crippen LogP contribution in [-0.2, 0) is 0 Å². The third-order valence-corrected chi connectivity index (χ3v) is 4.54. The Labute approximate surface area is 143 Å². The lowest BCUT2D eigenvalue weighted by molar-refractivity contribution is 0.0735. The lowest BCUT2D eigenvalue weighted by Crippen LogP contribution is -2.30. The number of hydrogen-bond donors (Lipinski definition) is 1. The summed E-state index contributed by atoms with van der Waals surface area (Å²) in [5.41, 5.74) is 1.88. The first-order valence-corrected chi connectivity index (χ1v) is 8.85. The van der Waals surface area contributed by atoms with E-state index in [1.807, 2.05) is 47.5 Å². The van der Waals surface area contributed by atoms with E-state index in [4.69, 9.17) is 0 Å². The first-order valence-electron chi connectivity index (χ1n) is 8.85. The van der Waals surface area contributed by atoms with E-state index in [2.05, 4.69) is 23.3 Å². The molecule has 2 aromatic rings. The molecule has 126 valence electrons. The van der Waals surface area contributed by atoms with Crippen LogP contribution >= 0.6 is 0 Å². The van der Waals surface area contributed by atoms with Gasteiger partial charge in [0.25, 0.3) is 5.91 Å². The molecule has 0 radical (unpaired) electrons. The minimum absolute atomic E-state index is 0.114. The van der Waals surface area contributed by atoms with Crippen molar-refractivity contribution in [3.05, 3.63) is 59.8 Å². The maximum atomic E-state index is 12.8. The highest BCUT2D eigenvalue weighted by molar-refractivity contribution is 5.94. The van der Waals surface area contributed by atoms with Gasteiger partial charge in [0.05, 0.1) is 6.04 Å². The number of benzene rings is 1. The van der Waals surface area contributed by atoms with E-state index in [-0.39, 0.29) is 11.9 Å². The van der Waals surface area contributed by atoms with Gasteiger partial charge >= 0.3 is 0 Å². The Bertz CT molecular complexity index is 654. The van der Waals surface area contributed by atoms with Crippen molar-refractivity contribution in [1.82, 2.24) is 9.88 Å². The van der Waals surface area contributed by atoms with Gasteiger partial charge in [0.15, 0.2) is 0 Å². The summed E-state index contributed by atoms with van der Waals surface area (Å²) in [5, 5.41) is 3.33. The SMILES string of the molecule is CCCCNc1ccc([C@@H]2CCCN2C(=O)c2ccccc2)cn1. The van der Waals surface area contributed by atoms with E-state index < -0.39 is 0 Å². The number of unbranched alkanes of at least 4 members (excludes halogenated alkanes) is 1. The Morgan fingerprint density at radius 3 is 2.79 bits per heavy atom. The highest BCUT2D eigenvalue weighted by Gasteiger charge is 2.30. The summed E-state index contributed by atoms with van der Waals surface area (Å²) >= 11 is 0. The van der Waals surface area contributed by atoms with E-state index in [0.29, 0.717) is 0 Å². The fraction of sp³-hybridized carbons (Fsp3) is 0.400. The molecule has 0 bridgehead atoms. The molecule has 1 N–H and O–H groups in total. The van der Waals surface area contributed by atoms with Gasteiger partial charge in [-0.3, -0.25) is 4.79 Å². The van der Waals surface area contributed by atoms with E-state index in [1.165, 1.54) is 6.42 Å². The van der Waals surface area contributed by atoms with Crippen molar-refractivity contribution >= 4 is 11.7 Å². The minimum Gasteiger partial charge on any atom is -0.370 e. The molecule has 1 saturated heterocycles. The Morgan fingerprint density at radius 2 is 2.08 bits per heavy atom. The number of amides is 1. The van der Waals surface area contributed by atoms with Crippen molar-refractivity contribution in [3.63, 3.8) is 0 Å². The van der Waals surface area contributed by atoms with Crippen LogP contribution in [0.4, 0.5) is 5.82 Å². The lowest BCUT2D eigenvalue weighted by atomic mass is 10.1. The van der Waals surface area contributed by atoms with E-state index in [9.17, 15) is 4.79 Å². The van der Waals surface area contributed by atoms with E-state index in [1.54, 1.807) is 0 Å². The van der Waals surface area contributed by atoms with E-state index in [0.717, 1.165) is 49.3 Å². The lowest BCUT2D eigenvalue weighted by Gasteiger charge is -2.25. The van der Waals surface area contributed by atoms with Crippen LogP contribution < -0.4 is 5.32 Å². The predicted octanol–water partition coefficient (Wildman–Crippen LogP) is 4.27. The molecule has 0 saturated carbocycles. The standard InChI is InChI=1S/C20H25N3O/c1-2-3-13-21-19-12-11-17(15-22-19)18-10-7-14-23(18)20(24)16-8-5-4-6-9-16/h4-6,8-9,11-12,15,18H,2-3,7,10,13-14H2,1H3,(H,21,22)/t18-/m0/s1. The Morgan fingerprint density at radius 1 is 1.25 bits per heavy atom. The third-order valence-electron chi connectivity index (χ3n) is 4.54. The maximum Gasteiger partial charge on any atom is 0.254 e. The monoisotopic (exact) mass is 323 g/mol. The number of aromatic nitrogens is 1. The maximum absolute atomic E-state index is 12.8. The normalized spacial score (nSPS) is 17.0. The largest absolute Gasteiger partial charge is 0.370 e. The smallest absolute Gasteiger partial charge is 0.254 e. The second kappa shape index (κ2) is 7.95. The molecule has 0 spiro atoms. The molecule has 1 aliphatic heterocycles. The summed E-state index contributed by atoms with van der Waals surface area (Å²) in [6.45, 7) is 3.94. The van der Waals surface area contributed by atoms with Crippen LogP contribution in [0.5, 0.6) is 0 Å². The molecule has 24 heavy (non-hydrogen) atoms. The van der Waals surface area contributed by atoms with Crippen molar-refractivity contribution in [1.29, 1.82) is 0 Å². The summed E-state index contributed by atoms with van der Waals surface area (Å²) in [6.07, 6.45) is 6.27. The van der Waals surface area contributed by atoms with E-state index >= 15 is 0 Å². The van der Waals surface area contributed by atoms with Crippen LogP contribution in [0, 0.1) is 0 Å². The summed E-state index contributed by atoms with van der Waals surface area (Å²) in [7, 11) is 0. The van der Waals surface area contributed by atoms with Crippen molar-refractivity contribution < 1.29 is 4.79 Å². The molecular formula is C20H25N3O. The zero-order chi connectivity index (χ0) is 16.8. The summed E-state index contributed by atoms with van der Waals surface area (Å²) in [5.74, 6) is 1.02. The molecule has 4 heteroatoms. The molecule has 3 rings (SSSR count). The zero-order valence-corrected chi connectivity index (χ0v) is 14.2. The molecule has 2 heterocycles. The van der Waals surface area contributed by atoms with Crippen LogP contribution in [0.25, 0.3) is 0 Å². The van der Waals surface area contributed by atoms with Crippen LogP contribution in [0.1, 0.15) is 54.6 Å². The van der Waals surface area contributed by atoms with Gasteiger partial charge in [-0.25, -0.2) is 4.98 Å². The molecule has 1 aromatic carbocycles. The molecule has 0 unspecified atom stereocenters. The quantitative estimate of drug-likeness (QED) is 0.807. The first kappa shape index (κ1) is 16.5. The highest BCUT2D eigenvalue weighted by Crippen LogP contribution is 2.33. The van der Waals surface area contributed by atoms with Crippen LogP contribution in [0.3, 0.4) is 0 Å². The number of likely N-dealkylation sites (tertiary alicyclic amines) is 1. The van der Waals surface area contributed by atoms with Gasteiger partial charge in [-0.05, 0) is 43.0 Å². The number of carbonyl (C=O) groups is 1. The Hall–Kier alpha value is -2.36. The van der Waals surface area contributed by atoms with Gasteiger partial charge in [-0.15, -0.1) is 0 Å². The van der Waals surface area contributed by atoms with Gasteiger partial charge in [0.1, 0.15) is 5.82 Å². The molecule has 4 nitrogen and oxygen atoms in total. The minimum atomic E-state index is 0.114. The number of hydrogen-bond acceptors (Lipinski definition) is 3. The van der Waals surface area contributed by atoms with Crippen LogP contribution in [-0.4, -0.2) is 28.9 Å². The molecule has 1 amide bonds. The molecule has 1 aromatic heterocycles. The number of carbonyl (C=O) groups excluding carboxylic acids is 1. The number of nitrogens with zero attached hydrogens (tertiary/aromatic N) is 2. The zero-order valence-electron chi connectivity index (χ0n) is 14.2. The summed E-state index contributed by atoms with van der Waals surface area (Å²) in [4.78, 5) is 19.3. The average Bonchev–Trinajstić information content (AvgIpc) is 3.12. The number of rotatable bonds is 6. The van der Waals surface area contributed by atoms with Gasteiger partial charge in [-0.2, -0.15) is 0 Å². The fourth-order valence-corrected chi connectivity index (χ4v) is 3.20. The average molecular weight is 323 g/mol. The summed E-state index contributed by atoms with van der Waals surface area (Å²) in [6, 6.07) is 13.8. The van der Waals surface area contributed by atoms with Gasteiger partial charge in [-0.1, -0.05) is 37.6 Å². The van der Waals surface area contributed by atoms with Crippen LogP contribution in [0.15, 0.2) is 48.7 Å². The Balaban J connectivity index is 1.70.